The molecule has 1 unspecified atom stereocenters. The number of aliphatic hydroxyl groups excluding tert-OH is 1. The van der Waals surface area contributed by atoms with Crippen LogP contribution >= 0.6 is 11.6 Å². The van der Waals surface area contributed by atoms with Crippen LogP contribution in [-0.4, -0.2) is 39.8 Å². The molecule has 1 fully saturated rings. The Morgan fingerprint density at radius 2 is 2.25 bits per heavy atom. The summed E-state index contributed by atoms with van der Waals surface area (Å²) in [5.74, 6) is 1.46. The molecule has 5 nitrogen and oxygen atoms in total. The van der Waals surface area contributed by atoms with E-state index in [-0.39, 0.29) is 6.61 Å². The molecule has 1 aliphatic rings. The summed E-state index contributed by atoms with van der Waals surface area (Å²) in [7, 11) is 0. The molecule has 2 heterocycles. The highest BCUT2D eigenvalue weighted by Gasteiger charge is 2.23. The number of hydrogen-bond acceptors (Lipinski definition) is 5. The number of halogens is 1. The fraction of sp³-hybridized carbons (Fsp3) is 0.429. The van der Waals surface area contributed by atoms with Crippen molar-refractivity contribution in [2.45, 2.75) is 13.0 Å². The molecule has 1 aromatic heterocycles. The molecule has 3 rings (SSSR count). The molecule has 0 amide bonds. The summed E-state index contributed by atoms with van der Waals surface area (Å²) in [4.78, 5) is 6.61. The van der Waals surface area contributed by atoms with E-state index in [1.165, 1.54) is 0 Å². The molecular weight excluding hydrogens is 278 g/mol. The molecular formula is C14H16ClN3O2. The van der Waals surface area contributed by atoms with Crippen molar-refractivity contribution in [2.24, 2.45) is 5.92 Å². The highest BCUT2D eigenvalue weighted by Crippen LogP contribution is 2.26. The Bertz CT molecular complexity index is 587. The van der Waals surface area contributed by atoms with E-state index in [0.717, 1.165) is 25.1 Å². The van der Waals surface area contributed by atoms with Gasteiger partial charge < -0.3 is 9.63 Å². The van der Waals surface area contributed by atoms with Crippen molar-refractivity contribution in [3.63, 3.8) is 0 Å². The number of aliphatic hydroxyl groups is 1. The van der Waals surface area contributed by atoms with Gasteiger partial charge in [0.05, 0.1) is 17.1 Å². The SMILES string of the molecule is OCC1CCN(Cc2noc(-c3ccccc3Cl)n2)C1. The van der Waals surface area contributed by atoms with Crippen LogP contribution in [0.1, 0.15) is 12.2 Å². The van der Waals surface area contributed by atoms with Crippen LogP contribution in [-0.2, 0) is 6.54 Å². The van der Waals surface area contributed by atoms with Gasteiger partial charge in [0, 0.05) is 13.2 Å². The van der Waals surface area contributed by atoms with Crippen LogP contribution in [0.15, 0.2) is 28.8 Å². The lowest BCUT2D eigenvalue weighted by atomic mass is 10.1. The average molecular weight is 294 g/mol. The minimum absolute atomic E-state index is 0.244. The molecule has 1 aromatic carbocycles. The third-order valence-electron chi connectivity index (χ3n) is 3.57. The summed E-state index contributed by atoms with van der Waals surface area (Å²) in [6.07, 6.45) is 1.02. The van der Waals surface area contributed by atoms with Crippen molar-refractivity contribution in [2.75, 3.05) is 19.7 Å². The Labute approximate surface area is 122 Å². The minimum Gasteiger partial charge on any atom is -0.396 e. The predicted octanol–water partition coefficient (Wildman–Crippen LogP) is 2.20. The van der Waals surface area contributed by atoms with Crippen molar-refractivity contribution in [3.05, 3.63) is 35.1 Å². The molecule has 0 spiro atoms. The van der Waals surface area contributed by atoms with E-state index in [1.54, 1.807) is 6.07 Å². The molecule has 1 N–H and O–H groups in total. The Morgan fingerprint density at radius 3 is 3.00 bits per heavy atom. The van der Waals surface area contributed by atoms with Gasteiger partial charge in [-0.3, -0.25) is 4.90 Å². The first-order chi connectivity index (χ1) is 9.76. The van der Waals surface area contributed by atoms with Gasteiger partial charge in [0.25, 0.3) is 5.89 Å². The van der Waals surface area contributed by atoms with Gasteiger partial charge in [-0.2, -0.15) is 4.98 Å². The highest BCUT2D eigenvalue weighted by atomic mass is 35.5. The Balaban J connectivity index is 1.70. The standard InChI is InChI=1S/C14H16ClN3O2/c15-12-4-2-1-3-11(12)14-16-13(17-20-14)8-18-6-5-10(7-18)9-19/h1-4,10,19H,5-9H2. The molecule has 6 heteroatoms. The number of aromatic nitrogens is 2. The summed E-state index contributed by atoms with van der Waals surface area (Å²) in [6, 6.07) is 7.41. The van der Waals surface area contributed by atoms with Crippen molar-refractivity contribution < 1.29 is 9.63 Å². The fourth-order valence-corrected chi connectivity index (χ4v) is 2.68. The zero-order valence-electron chi connectivity index (χ0n) is 11.0. The molecule has 0 radical (unpaired) electrons. The van der Waals surface area contributed by atoms with E-state index >= 15 is 0 Å². The molecule has 1 saturated heterocycles. The zero-order chi connectivity index (χ0) is 13.9. The largest absolute Gasteiger partial charge is 0.396 e. The summed E-state index contributed by atoms with van der Waals surface area (Å²) in [5, 5.41) is 13.7. The van der Waals surface area contributed by atoms with Crippen molar-refractivity contribution in [3.8, 4) is 11.5 Å². The number of benzene rings is 1. The first kappa shape index (κ1) is 13.5. The van der Waals surface area contributed by atoms with Crippen LogP contribution < -0.4 is 0 Å². The third-order valence-corrected chi connectivity index (χ3v) is 3.90. The number of nitrogens with zero attached hydrogens (tertiary/aromatic N) is 3. The summed E-state index contributed by atoms with van der Waals surface area (Å²) >= 11 is 6.11. The monoisotopic (exact) mass is 293 g/mol. The van der Waals surface area contributed by atoms with Gasteiger partial charge in [0.2, 0.25) is 0 Å². The zero-order valence-corrected chi connectivity index (χ0v) is 11.8. The van der Waals surface area contributed by atoms with Gasteiger partial charge in [0.15, 0.2) is 5.82 Å². The first-order valence-corrected chi connectivity index (χ1v) is 7.05. The number of hydrogen-bond donors (Lipinski definition) is 1. The fourth-order valence-electron chi connectivity index (χ4n) is 2.47. The second-order valence-electron chi connectivity index (χ2n) is 5.07. The van der Waals surface area contributed by atoms with E-state index in [1.807, 2.05) is 18.2 Å². The van der Waals surface area contributed by atoms with Gasteiger partial charge in [-0.1, -0.05) is 28.9 Å². The lowest BCUT2D eigenvalue weighted by Crippen LogP contribution is -2.21. The maximum atomic E-state index is 9.14. The molecule has 20 heavy (non-hydrogen) atoms. The van der Waals surface area contributed by atoms with Gasteiger partial charge in [-0.25, -0.2) is 0 Å². The van der Waals surface area contributed by atoms with Crippen molar-refractivity contribution in [1.29, 1.82) is 0 Å². The molecule has 106 valence electrons. The van der Waals surface area contributed by atoms with Crippen molar-refractivity contribution in [1.82, 2.24) is 15.0 Å². The smallest absolute Gasteiger partial charge is 0.259 e. The van der Waals surface area contributed by atoms with E-state index in [0.29, 0.717) is 29.2 Å². The Morgan fingerprint density at radius 1 is 1.40 bits per heavy atom. The predicted molar refractivity (Wildman–Crippen MR) is 75.2 cm³/mol. The van der Waals surface area contributed by atoms with E-state index in [4.69, 9.17) is 21.2 Å². The lowest BCUT2D eigenvalue weighted by Gasteiger charge is -2.12. The van der Waals surface area contributed by atoms with Crippen molar-refractivity contribution >= 4 is 11.6 Å². The number of rotatable bonds is 4. The van der Waals surface area contributed by atoms with Gasteiger partial charge in [-0.05, 0) is 31.0 Å². The van der Waals surface area contributed by atoms with E-state index in [2.05, 4.69) is 15.0 Å². The maximum absolute atomic E-state index is 9.14. The number of likely N-dealkylation sites (tertiary alicyclic amines) is 1. The minimum atomic E-state index is 0.244. The molecule has 2 aromatic rings. The van der Waals surface area contributed by atoms with Crippen LogP contribution in [0, 0.1) is 5.92 Å². The third kappa shape index (κ3) is 2.85. The average Bonchev–Trinajstić information content (AvgIpc) is 3.09. The van der Waals surface area contributed by atoms with Crippen LogP contribution in [0.5, 0.6) is 0 Å². The van der Waals surface area contributed by atoms with Crippen LogP contribution in [0.2, 0.25) is 5.02 Å². The van der Waals surface area contributed by atoms with Gasteiger partial charge in [0.1, 0.15) is 0 Å². The van der Waals surface area contributed by atoms with Crippen LogP contribution in [0.3, 0.4) is 0 Å². The first-order valence-electron chi connectivity index (χ1n) is 6.67. The van der Waals surface area contributed by atoms with E-state index in [9.17, 15) is 0 Å². The lowest BCUT2D eigenvalue weighted by molar-refractivity contribution is 0.218. The molecule has 0 bridgehead atoms. The van der Waals surface area contributed by atoms with E-state index < -0.39 is 0 Å². The normalized spacial score (nSPS) is 19.6. The topological polar surface area (TPSA) is 62.4 Å². The second kappa shape index (κ2) is 5.91. The highest BCUT2D eigenvalue weighted by molar-refractivity contribution is 6.33. The van der Waals surface area contributed by atoms with Gasteiger partial charge in [-0.15, -0.1) is 0 Å². The molecule has 1 aliphatic heterocycles. The quantitative estimate of drug-likeness (QED) is 0.936. The Hall–Kier alpha value is -1.43. The maximum Gasteiger partial charge on any atom is 0.259 e. The summed E-state index contributed by atoms with van der Waals surface area (Å²) in [6.45, 7) is 2.73. The molecule has 0 aliphatic carbocycles. The molecule has 1 atom stereocenters. The summed E-state index contributed by atoms with van der Waals surface area (Å²) in [5.41, 5.74) is 0.752. The van der Waals surface area contributed by atoms with Gasteiger partial charge >= 0.3 is 0 Å². The Kier molecular flexibility index (Phi) is 4.00. The summed E-state index contributed by atoms with van der Waals surface area (Å²) < 4.78 is 5.27. The molecule has 0 saturated carbocycles. The van der Waals surface area contributed by atoms with Crippen LogP contribution in [0.4, 0.5) is 0 Å². The van der Waals surface area contributed by atoms with Crippen LogP contribution in [0.25, 0.3) is 11.5 Å². The second-order valence-corrected chi connectivity index (χ2v) is 5.48.